The van der Waals surface area contributed by atoms with Gasteiger partial charge in [-0.1, -0.05) is 36.4 Å². The van der Waals surface area contributed by atoms with E-state index >= 15 is 0 Å². The van der Waals surface area contributed by atoms with Gasteiger partial charge >= 0.3 is 0 Å². The van der Waals surface area contributed by atoms with E-state index in [1.54, 1.807) is 6.20 Å². The fourth-order valence-electron chi connectivity index (χ4n) is 3.47. The van der Waals surface area contributed by atoms with Crippen molar-refractivity contribution in [2.45, 2.75) is 19.6 Å². The zero-order chi connectivity index (χ0) is 21.3. The number of hydrogen-bond acceptors (Lipinski definition) is 5. The van der Waals surface area contributed by atoms with Crippen LogP contribution in [0.25, 0.3) is 0 Å². The highest BCUT2D eigenvalue weighted by Crippen LogP contribution is 2.21. The van der Waals surface area contributed by atoms with E-state index in [0.29, 0.717) is 45.9 Å². The average molecular weight is 418 g/mol. The number of rotatable bonds is 8. The maximum Gasteiger partial charge on any atom is 0.227 e. The van der Waals surface area contributed by atoms with E-state index in [4.69, 9.17) is 9.47 Å². The zero-order valence-corrected chi connectivity index (χ0v) is 17.5. The average Bonchev–Trinajstić information content (AvgIpc) is 2.84. The summed E-state index contributed by atoms with van der Waals surface area (Å²) >= 11 is 0. The van der Waals surface area contributed by atoms with Crippen LogP contribution < -0.4 is 10.1 Å². The molecule has 2 aromatic carbocycles. The van der Waals surface area contributed by atoms with E-state index in [2.05, 4.69) is 16.4 Å². The first-order valence-corrected chi connectivity index (χ1v) is 10.6. The summed E-state index contributed by atoms with van der Waals surface area (Å²) in [4.78, 5) is 18.4. The molecule has 4 rings (SSSR count). The third kappa shape index (κ3) is 6.06. The lowest BCUT2D eigenvalue weighted by Gasteiger charge is -2.26. The predicted octanol–water partition coefficient (Wildman–Crippen LogP) is 3.67. The Labute approximate surface area is 182 Å². The van der Waals surface area contributed by atoms with Gasteiger partial charge in [0.2, 0.25) is 5.91 Å². The van der Waals surface area contributed by atoms with Crippen molar-refractivity contribution in [1.82, 2.24) is 9.88 Å². The molecule has 0 unspecified atom stereocenters. The quantitative estimate of drug-likeness (QED) is 0.606. The number of anilines is 1. The van der Waals surface area contributed by atoms with Crippen molar-refractivity contribution in [3.8, 4) is 5.75 Å². The molecule has 3 aromatic rings. The van der Waals surface area contributed by atoms with Gasteiger partial charge in [0, 0.05) is 48.8 Å². The van der Waals surface area contributed by atoms with E-state index in [-0.39, 0.29) is 5.91 Å². The first-order chi connectivity index (χ1) is 15.3. The van der Waals surface area contributed by atoms with Crippen LogP contribution in [0.4, 0.5) is 5.69 Å². The molecule has 1 amide bonds. The lowest BCUT2D eigenvalue weighted by molar-refractivity contribution is -0.134. The Kier molecular flexibility index (Phi) is 7.13. The highest BCUT2D eigenvalue weighted by atomic mass is 16.5. The summed E-state index contributed by atoms with van der Waals surface area (Å²) < 4.78 is 11.3. The number of para-hydroxylation sites is 1. The van der Waals surface area contributed by atoms with Crippen molar-refractivity contribution in [1.29, 1.82) is 0 Å². The van der Waals surface area contributed by atoms with Gasteiger partial charge in [0.05, 0.1) is 19.6 Å². The first-order valence-electron chi connectivity index (χ1n) is 10.6. The fraction of sp³-hybridized carbons (Fsp3) is 0.280. The number of benzene rings is 2. The molecule has 1 aliphatic rings. The summed E-state index contributed by atoms with van der Waals surface area (Å²) in [5.74, 6) is 1.01. The van der Waals surface area contributed by atoms with Crippen LogP contribution in [0.15, 0.2) is 73.1 Å². The normalized spacial score (nSPS) is 13.6. The van der Waals surface area contributed by atoms with Gasteiger partial charge in [-0.15, -0.1) is 0 Å². The number of pyridine rings is 1. The van der Waals surface area contributed by atoms with E-state index in [1.165, 1.54) is 0 Å². The number of aromatic nitrogens is 1. The van der Waals surface area contributed by atoms with Crippen LogP contribution in [0.3, 0.4) is 0 Å². The number of ether oxygens (including phenoxy) is 2. The molecule has 0 bridgehead atoms. The molecule has 1 N–H and O–H groups in total. The number of carbonyl (C=O) groups is 1. The predicted molar refractivity (Wildman–Crippen MR) is 120 cm³/mol. The van der Waals surface area contributed by atoms with Crippen LogP contribution in [0.1, 0.15) is 16.7 Å². The highest BCUT2D eigenvalue weighted by Gasteiger charge is 2.16. The van der Waals surface area contributed by atoms with Crippen LogP contribution in [0.5, 0.6) is 5.75 Å². The van der Waals surface area contributed by atoms with Crippen LogP contribution >= 0.6 is 0 Å². The SMILES string of the molecule is O=C(Cc1ccc(NCc2ccccc2OCc2cccnc2)cc1)N1CCOCC1. The smallest absolute Gasteiger partial charge is 0.227 e. The van der Waals surface area contributed by atoms with Crippen molar-refractivity contribution in [3.63, 3.8) is 0 Å². The van der Waals surface area contributed by atoms with Gasteiger partial charge in [-0.2, -0.15) is 0 Å². The van der Waals surface area contributed by atoms with E-state index < -0.39 is 0 Å². The number of nitrogens with one attached hydrogen (secondary N) is 1. The number of hydrogen-bond donors (Lipinski definition) is 1. The lowest BCUT2D eigenvalue weighted by atomic mass is 10.1. The Balaban J connectivity index is 1.30. The Morgan fingerprint density at radius 1 is 1.00 bits per heavy atom. The summed E-state index contributed by atoms with van der Waals surface area (Å²) in [5, 5.41) is 3.44. The lowest BCUT2D eigenvalue weighted by Crippen LogP contribution is -2.41. The van der Waals surface area contributed by atoms with E-state index in [1.807, 2.05) is 65.7 Å². The summed E-state index contributed by atoms with van der Waals surface area (Å²) in [6.45, 7) is 3.75. The molecule has 0 aliphatic carbocycles. The molecule has 0 atom stereocenters. The number of carbonyl (C=O) groups excluding carboxylic acids is 1. The fourth-order valence-corrected chi connectivity index (χ4v) is 3.47. The topological polar surface area (TPSA) is 63.7 Å². The Morgan fingerprint density at radius 2 is 1.81 bits per heavy atom. The summed E-state index contributed by atoms with van der Waals surface area (Å²) in [6, 6.07) is 20.0. The molecule has 0 saturated carbocycles. The second-order valence-corrected chi connectivity index (χ2v) is 7.48. The van der Waals surface area contributed by atoms with Crippen molar-refractivity contribution in [2.75, 3.05) is 31.6 Å². The molecule has 0 radical (unpaired) electrons. The van der Waals surface area contributed by atoms with Gasteiger partial charge in [-0.05, 0) is 29.8 Å². The summed E-state index contributed by atoms with van der Waals surface area (Å²) in [6.07, 6.45) is 3.99. The molecular weight excluding hydrogens is 390 g/mol. The maximum absolute atomic E-state index is 12.4. The number of morpholine rings is 1. The van der Waals surface area contributed by atoms with Gasteiger partial charge in [0.15, 0.2) is 0 Å². The van der Waals surface area contributed by atoms with E-state index in [9.17, 15) is 4.79 Å². The molecule has 2 heterocycles. The molecular formula is C25H27N3O3. The van der Waals surface area contributed by atoms with Gasteiger partial charge in [0.25, 0.3) is 0 Å². The molecule has 0 spiro atoms. The first kappa shape index (κ1) is 20.9. The van der Waals surface area contributed by atoms with Crippen LogP contribution in [-0.2, 0) is 29.1 Å². The third-order valence-corrected chi connectivity index (χ3v) is 5.25. The molecule has 6 nitrogen and oxygen atoms in total. The van der Waals surface area contributed by atoms with Crippen molar-refractivity contribution >= 4 is 11.6 Å². The minimum atomic E-state index is 0.156. The maximum atomic E-state index is 12.4. The van der Waals surface area contributed by atoms with Crippen molar-refractivity contribution in [2.24, 2.45) is 0 Å². The molecule has 31 heavy (non-hydrogen) atoms. The Hall–Kier alpha value is -3.38. The molecule has 1 fully saturated rings. The van der Waals surface area contributed by atoms with Crippen molar-refractivity contribution < 1.29 is 14.3 Å². The molecule has 1 aliphatic heterocycles. The molecule has 1 aromatic heterocycles. The van der Waals surface area contributed by atoms with Crippen molar-refractivity contribution in [3.05, 3.63) is 89.7 Å². The largest absolute Gasteiger partial charge is 0.488 e. The minimum Gasteiger partial charge on any atom is -0.488 e. The van der Waals surface area contributed by atoms with Crippen LogP contribution in [0.2, 0.25) is 0 Å². The van der Waals surface area contributed by atoms with E-state index in [0.717, 1.165) is 28.1 Å². The second-order valence-electron chi connectivity index (χ2n) is 7.48. The number of amides is 1. The monoisotopic (exact) mass is 417 g/mol. The molecule has 160 valence electrons. The molecule has 1 saturated heterocycles. The summed E-state index contributed by atoms with van der Waals surface area (Å²) in [5.41, 5.74) is 4.14. The van der Waals surface area contributed by atoms with Crippen LogP contribution in [-0.4, -0.2) is 42.1 Å². The van der Waals surface area contributed by atoms with Gasteiger partial charge in [-0.3, -0.25) is 9.78 Å². The summed E-state index contributed by atoms with van der Waals surface area (Å²) in [7, 11) is 0. The van der Waals surface area contributed by atoms with Crippen LogP contribution in [0, 0.1) is 0 Å². The second kappa shape index (κ2) is 10.6. The zero-order valence-electron chi connectivity index (χ0n) is 17.5. The number of nitrogens with zero attached hydrogens (tertiary/aromatic N) is 2. The molecule has 6 heteroatoms. The minimum absolute atomic E-state index is 0.156. The Morgan fingerprint density at radius 3 is 2.58 bits per heavy atom. The van der Waals surface area contributed by atoms with Gasteiger partial charge in [0.1, 0.15) is 12.4 Å². The highest BCUT2D eigenvalue weighted by molar-refractivity contribution is 5.79. The van der Waals surface area contributed by atoms with Gasteiger partial charge in [-0.25, -0.2) is 0 Å². The Bertz CT molecular complexity index is 971. The third-order valence-electron chi connectivity index (χ3n) is 5.25. The van der Waals surface area contributed by atoms with Gasteiger partial charge < -0.3 is 19.7 Å². The standard InChI is InChI=1S/C25H27N3O3/c29-25(28-12-14-30-15-13-28)16-20-7-9-23(10-8-20)27-18-22-5-1-2-6-24(22)31-19-21-4-3-11-26-17-21/h1-11,17,27H,12-16,18-19H2.